The Hall–Kier alpha value is -2.14. The van der Waals surface area contributed by atoms with E-state index in [4.69, 9.17) is 0 Å². The van der Waals surface area contributed by atoms with E-state index in [-0.39, 0.29) is 22.4 Å². The van der Waals surface area contributed by atoms with Gasteiger partial charge in [0.25, 0.3) is 15.9 Å². The van der Waals surface area contributed by atoms with E-state index >= 15 is 0 Å². The molecule has 1 fully saturated rings. The van der Waals surface area contributed by atoms with E-state index < -0.39 is 22.1 Å². The van der Waals surface area contributed by atoms with Gasteiger partial charge >= 0.3 is 6.18 Å². The van der Waals surface area contributed by atoms with E-state index in [1.54, 1.807) is 13.0 Å². The molecule has 1 saturated carbocycles. The Balaban J connectivity index is 2.29. The average Bonchev–Trinajstić information content (AvgIpc) is 3.28. The Kier molecular flexibility index (Phi) is 4.71. The first-order chi connectivity index (χ1) is 12.4. The van der Waals surface area contributed by atoms with Gasteiger partial charge in [0.1, 0.15) is 0 Å². The molecule has 1 aliphatic rings. The molecule has 3 rings (SSSR count). The van der Waals surface area contributed by atoms with Crippen LogP contribution in [0.1, 0.15) is 42.6 Å². The molecule has 0 spiro atoms. The van der Waals surface area contributed by atoms with E-state index in [2.05, 4.69) is 10.1 Å². The Labute approximate surface area is 154 Å². The minimum absolute atomic E-state index is 0.0241. The van der Waals surface area contributed by atoms with E-state index in [0.717, 1.165) is 17.5 Å². The lowest BCUT2D eigenvalue weighted by atomic mass is 10.0. The molecule has 0 unspecified atom stereocenters. The molecule has 1 aromatic heterocycles. The first-order valence-corrected chi connectivity index (χ1v) is 9.73. The summed E-state index contributed by atoms with van der Waals surface area (Å²) >= 11 is 0. The molecule has 0 atom stereocenters. The highest BCUT2D eigenvalue weighted by molar-refractivity contribution is 7.85. The maximum absolute atomic E-state index is 13.1. The van der Waals surface area contributed by atoms with Crippen LogP contribution in [-0.4, -0.2) is 41.8 Å². The smallest absolute Gasteiger partial charge is 0.347 e. The van der Waals surface area contributed by atoms with Crippen molar-refractivity contribution in [2.45, 2.75) is 43.2 Å². The van der Waals surface area contributed by atoms with Crippen molar-refractivity contribution in [3.63, 3.8) is 0 Å². The summed E-state index contributed by atoms with van der Waals surface area (Å²) in [4.78, 5) is 4.59. The molecule has 1 heterocycles. The normalized spacial score (nSPS) is 15.2. The molecule has 0 amide bonds. The van der Waals surface area contributed by atoms with Crippen LogP contribution in [0, 0.1) is 0 Å². The van der Waals surface area contributed by atoms with Crippen molar-refractivity contribution in [1.29, 1.82) is 0 Å². The maximum Gasteiger partial charge on any atom is 0.453 e. The lowest BCUT2D eigenvalue weighted by molar-refractivity contribution is -0.144. The number of rotatable bonds is 5. The van der Waals surface area contributed by atoms with Crippen LogP contribution in [0.15, 0.2) is 17.0 Å². The molecule has 0 radical (unpaired) electrons. The predicted molar refractivity (Wildman–Crippen MR) is 91.9 cm³/mol. The topological polar surface area (TPSA) is 88.3 Å². The third-order valence-electron chi connectivity index (χ3n) is 4.36. The van der Waals surface area contributed by atoms with Crippen molar-refractivity contribution >= 4 is 16.1 Å². The zero-order valence-corrected chi connectivity index (χ0v) is 15.8. The van der Waals surface area contributed by atoms with E-state index in [1.807, 2.05) is 0 Å². The molecule has 1 aliphatic carbocycles. The molecule has 0 bridgehead atoms. The molecule has 27 heavy (non-hydrogen) atoms. The standard InChI is InChI=1S/C16H19F3N4O3S/c1-4-9-7-11(10-5-6-10)13(27(24,25)26)8-12(9)23-15(22(2)3)20-14(21-23)16(17,18)19/h7-8,10H,4-6H2,1-3H3,(H,24,25,26). The Morgan fingerprint density at radius 1 is 1.30 bits per heavy atom. The van der Waals surface area contributed by atoms with Gasteiger partial charge in [0, 0.05) is 14.1 Å². The molecule has 7 nitrogen and oxygen atoms in total. The summed E-state index contributed by atoms with van der Waals surface area (Å²) in [5.41, 5.74) is 1.24. The second-order valence-corrected chi connectivity index (χ2v) is 8.05. The summed E-state index contributed by atoms with van der Waals surface area (Å²) in [7, 11) is -1.53. The highest BCUT2D eigenvalue weighted by Crippen LogP contribution is 2.44. The zero-order valence-electron chi connectivity index (χ0n) is 14.9. The summed E-state index contributed by atoms with van der Waals surface area (Å²) in [6.45, 7) is 1.81. The van der Waals surface area contributed by atoms with Gasteiger partial charge in [-0.2, -0.15) is 31.3 Å². The summed E-state index contributed by atoms with van der Waals surface area (Å²) in [6, 6.07) is 2.81. The number of halogens is 3. The average molecular weight is 404 g/mol. The quantitative estimate of drug-likeness (QED) is 0.771. The second kappa shape index (κ2) is 6.48. The number of aromatic nitrogens is 3. The zero-order chi connectivity index (χ0) is 20.1. The fourth-order valence-electron chi connectivity index (χ4n) is 2.93. The van der Waals surface area contributed by atoms with Crippen LogP contribution < -0.4 is 4.90 Å². The van der Waals surface area contributed by atoms with Gasteiger partial charge in [0.05, 0.1) is 10.6 Å². The molecule has 0 saturated heterocycles. The summed E-state index contributed by atoms with van der Waals surface area (Å²) in [5, 5.41) is 3.56. The van der Waals surface area contributed by atoms with Crippen LogP contribution in [0.25, 0.3) is 5.69 Å². The second-order valence-electron chi connectivity index (χ2n) is 6.66. The van der Waals surface area contributed by atoms with Crippen molar-refractivity contribution in [2.75, 3.05) is 19.0 Å². The van der Waals surface area contributed by atoms with Crippen molar-refractivity contribution in [3.8, 4) is 5.69 Å². The van der Waals surface area contributed by atoms with Crippen molar-refractivity contribution in [3.05, 3.63) is 29.1 Å². The number of anilines is 1. The number of nitrogens with zero attached hydrogens (tertiary/aromatic N) is 4. The Bertz CT molecular complexity index is 980. The van der Waals surface area contributed by atoms with Gasteiger partial charge in [-0.15, -0.1) is 5.10 Å². The molecule has 148 valence electrons. The fraction of sp³-hybridized carbons (Fsp3) is 0.500. The van der Waals surface area contributed by atoms with E-state index in [9.17, 15) is 26.1 Å². The maximum atomic E-state index is 13.1. The summed E-state index contributed by atoms with van der Waals surface area (Å²) in [6.07, 6.45) is -2.71. The van der Waals surface area contributed by atoms with Crippen LogP contribution >= 0.6 is 0 Å². The van der Waals surface area contributed by atoms with Crippen LogP contribution in [0.5, 0.6) is 0 Å². The first kappa shape index (κ1) is 19.6. The number of hydrogen-bond acceptors (Lipinski definition) is 5. The molecule has 0 aliphatic heterocycles. The van der Waals surface area contributed by atoms with Gasteiger partial charge in [-0.3, -0.25) is 4.55 Å². The van der Waals surface area contributed by atoms with Gasteiger partial charge in [-0.05, 0) is 42.4 Å². The third-order valence-corrected chi connectivity index (χ3v) is 5.27. The van der Waals surface area contributed by atoms with Crippen molar-refractivity contribution in [2.24, 2.45) is 0 Å². The van der Waals surface area contributed by atoms with Gasteiger partial charge < -0.3 is 4.90 Å². The minimum Gasteiger partial charge on any atom is -0.347 e. The SMILES string of the molecule is CCc1cc(C2CC2)c(S(=O)(=O)O)cc1-n1nc(C(F)(F)F)nc1N(C)C. The first-order valence-electron chi connectivity index (χ1n) is 8.29. The molecular weight excluding hydrogens is 385 g/mol. The monoisotopic (exact) mass is 404 g/mol. The molecule has 2 aromatic rings. The number of aryl methyl sites for hydroxylation is 1. The predicted octanol–water partition coefficient (Wildman–Crippen LogP) is 3.04. The van der Waals surface area contributed by atoms with Gasteiger partial charge in [0.2, 0.25) is 5.95 Å². The fourth-order valence-corrected chi connectivity index (χ4v) is 3.71. The van der Waals surface area contributed by atoms with E-state index in [1.165, 1.54) is 25.1 Å². The lowest BCUT2D eigenvalue weighted by Crippen LogP contribution is -2.17. The van der Waals surface area contributed by atoms with Gasteiger partial charge in [-0.1, -0.05) is 13.0 Å². The highest BCUT2D eigenvalue weighted by atomic mass is 32.2. The summed E-state index contributed by atoms with van der Waals surface area (Å²) in [5.74, 6) is -1.40. The number of alkyl halides is 3. The Morgan fingerprint density at radius 2 is 1.93 bits per heavy atom. The largest absolute Gasteiger partial charge is 0.453 e. The molecular formula is C16H19F3N4O3S. The van der Waals surface area contributed by atoms with Crippen LogP contribution in [0.2, 0.25) is 0 Å². The van der Waals surface area contributed by atoms with Crippen LogP contribution in [0.4, 0.5) is 19.1 Å². The summed E-state index contributed by atoms with van der Waals surface area (Å²) < 4.78 is 73.6. The number of benzene rings is 1. The molecule has 11 heteroatoms. The number of hydrogen-bond donors (Lipinski definition) is 1. The third kappa shape index (κ3) is 3.79. The van der Waals surface area contributed by atoms with E-state index in [0.29, 0.717) is 17.5 Å². The lowest BCUT2D eigenvalue weighted by Gasteiger charge is -2.17. The Morgan fingerprint density at radius 3 is 2.37 bits per heavy atom. The highest BCUT2D eigenvalue weighted by Gasteiger charge is 2.38. The van der Waals surface area contributed by atoms with Crippen molar-refractivity contribution in [1.82, 2.24) is 14.8 Å². The van der Waals surface area contributed by atoms with Crippen LogP contribution in [0.3, 0.4) is 0 Å². The molecule has 1 aromatic carbocycles. The minimum atomic E-state index is -4.75. The van der Waals surface area contributed by atoms with Crippen molar-refractivity contribution < 1.29 is 26.1 Å². The van der Waals surface area contributed by atoms with Crippen LogP contribution in [-0.2, 0) is 22.7 Å². The van der Waals surface area contributed by atoms with Gasteiger partial charge in [-0.25, -0.2) is 0 Å². The van der Waals surface area contributed by atoms with Gasteiger partial charge in [0.15, 0.2) is 0 Å². The molecule has 1 N–H and O–H groups in total.